The van der Waals surface area contributed by atoms with Gasteiger partial charge in [-0.3, -0.25) is 9.36 Å². The van der Waals surface area contributed by atoms with E-state index in [1.807, 2.05) is 86.5 Å². The minimum absolute atomic E-state index is 0.0713. The number of hydrogen-bond acceptors (Lipinski definition) is 7. The third-order valence-corrected chi connectivity index (χ3v) is 6.95. The first-order valence-electron chi connectivity index (χ1n) is 10.6. The van der Waals surface area contributed by atoms with Crippen LogP contribution in [-0.4, -0.2) is 32.8 Å². The molecule has 0 spiro atoms. The fourth-order valence-electron chi connectivity index (χ4n) is 3.97. The van der Waals surface area contributed by atoms with E-state index in [4.69, 9.17) is 5.73 Å². The molecule has 1 aromatic heterocycles. The van der Waals surface area contributed by atoms with Gasteiger partial charge in [-0.25, -0.2) is 0 Å². The van der Waals surface area contributed by atoms with Crippen molar-refractivity contribution in [3.05, 3.63) is 84.8 Å². The van der Waals surface area contributed by atoms with Crippen molar-refractivity contribution in [2.24, 2.45) is 5.73 Å². The van der Waals surface area contributed by atoms with Gasteiger partial charge in [0.05, 0.1) is 33.7 Å². The zero-order chi connectivity index (χ0) is 24.6. The Morgan fingerprint density at radius 1 is 0.912 bits per heavy atom. The monoisotopic (exact) mass is 468 g/mol. The van der Waals surface area contributed by atoms with Crippen LogP contribution in [0, 0.1) is 22.7 Å². The fraction of sp³-hybridized carbons (Fsp3) is 0.192. The van der Waals surface area contributed by atoms with Gasteiger partial charge < -0.3 is 15.5 Å². The molecule has 2 heterocycles. The number of nitriles is 2. The molecule has 3 aromatic rings. The van der Waals surface area contributed by atoms with E-state index >= 15 is 0 Å². The highest BCUT2D eigenvalue weighted by atomic mass is 32.1. The number of nitrogens with zero attached hydrogens (tertiary/aromatic N) is 5. The fourth-order valence-corrected chi connectivity index (χ4v) is 5.10. The van der Waals surface area contributed by atoms with Gasteiger partial charge in [-0.15, -0.1) is 11.3 Å². The van der Waals surface area contributed by atoms with E-state index in [-0.39, 0.29) is 17.0 Å². The molecule has 0 radical (unpaired) electrons. The molecule has 0 saturated carbocycles. The largest absolute Gasteiger partial charge is 0.384 e. The maximum Gasteiger partial charge on any atom is 0.274 e. The van der Waals surface area contributed by atoms with E-state index in [1.54, 1.807) is 6.08 Å². The van der Waals surface area contributed by atoms with Crippen molar-refractivity contribution < 1.29 is 0 Å². The van der Waals surface area contributed by atoms with E-state index in [0.717, 1.165) is 22.5 Å². The summed E-state index contributed by atoms with van der Waals surface area (Å²) in [5, 5.41) is 20.0. The van der Waals surface area contributed by atoms with Gasteiger partial charge in [-0.05, 0) is 41.5 Å². The van der Waals surface area contributed by atoms with Crippen LogP contribution in [-0.2, 0) is 0 Å². The molecule has 0 aliphatic carbocycles. The van der Waals surface area contributed by atoms with Crippen LogP contribution in [0.25, 0.3) is 17.5 Å². The first-order valence-corrected chi connectivity index (χ1v) is 11.4. The van der Waals surface area contributed by atoms with Crippen LogP contribution in [0.5, 0.6) is 0 Å². The lowest BCUT2D eigenvalue weighted by atomic mass is 9.84. The second-order valence-corrected chi connectivity index (χ2v) is 9.43. The number of thiazole rings is 1. The lowest BCUT2D eigenvalue weighted by molar-refractivity contribution is 0.906. The Labute approximate surface area is 201 Å². The number of hydrogen-bond donors (Lipinski definition) is 1. The molecular formula is C26H24N6OS. The summed E-state index contributed by atoms with van der Waals surface area (Å²) in [5.74, 6) is -0.557. The molecule has 0 saturated heterocycles. The molecule has 0 unspecified atom stereocenters. The number of allylic oxidation sites excluding steroid dienone is 1. The maximum absolute atomic E-state index is 13.3. The van der Waals surface area contributed by atoms with Gasteiger partial charge in [0.2, 0.25) is 0 Å². The van der Waals surface area contributed by atoms with Crippen molar-refractivity contribution in [2.45, 2.75) is 5.92 Å². The zero-order valence-electron chi connectivity index (χ0n) is 19.4. The standard InChI is InChI=1S/C26H24N6OS/c1-30(2)18-9-5-16(6-10-18)13-22-25(33)32-24(29)20(14-27)23(21(15-28)26(32)34-22)17-7-11-19(12-8-17)31(3)4/h5-13,23H,29H2,1-4H3/b22-13+/t23-/m0/s1. The van der Waals surface area contributed by atoms with Crippen molar-refractivity contribution in [1.29, 1.82) is 10.5 Å². The Hall–Kier alpha value is -4.27. The molecule has 0 fully saturated rings. The first-order chi connectivity index (χ1) is 16.3. The number of benzene rings is 2. The second kappa shape index (κ2) is 8.93. The summed E-state index contributed by atoms with van der Waals surface area (Å²) in [6.07, 6.45) is 1.78. The summed E-state index contributed by atoms with van der Waals surface area (Å²) in [7, 11) is 7.81. The molecule has 1 aliphatic heterocycles. The van der Waals surface area contributed by atoms with E-state index in [9.17, 15) is 15.3 Å². The van der Waals surface area contributed by atoms with Crippen molar-refractivity contribution in [3.8, 4) is 12.1 Å². The predicted octanol–water partition coefficient (Wildman–Crippen LogP) is 1.99. The topological polar surface area (TPSA) is 102 Å². The van der Waals surface area contributed by atoms with E-state index < -0.39 is 5.92 Å². The van der Waals surface area contributed by atoms with Gasteiger partial charge in [-0.1, -0.05) is 24.3 Å². The lowest BCUT2D eigenvalue weighted by Crippen LogP contribution is -2.38. The molecule has 1 aliphatic rings. The minimum atomic E-state index is -0.628. The molecule has 7 nitrogen and oxygen atoms in total. The van der Waals surface area contributed by atoms with Crippen LogP contribution in [0.4, 0.5) is 11.4 Å². The van der Waals surface area contributed by atoms with E-state index in [2.05, 4.69) is 12.1 Å². The van der Waals surface area contributed by atoms with Crippen LogP contribution >= 0.6 is 11.3 Å². The zero-order valence-corrected chi connectivity index (χ0v) is 20.2. The number of rotatable bonds is 4. The van der Waals surface area contributed by atoms with Crippen LogP contribution in [0.3, 0.4) is 0 Å². The summed E-state index contributed by atoms with van der Waals surface area (Å²) in [5.41, 5.74) is 10.2. The Balaban J connectivity index is 1.94. The highest BCUT2D eigenvalue weighted by molar-refractivity contribution is 7.07. The summed E-state index contributed by atoms with van der Waals surface area (Å²) >= 11 is 1.22. The third kappa shape index (κ3) is 3.85. The molecular weight excluding hydrogens is 444 g/mol. The number of fused-ring (bicyclic) bond motifs is 1. The predicted molar refractivity (Wildman–Crippen MR) is 138 cm³/mol. The van der Waals surface area contributed by atoms with Gasteiger partial charge in [0.1, 0.15) is 10.5 Å². The average Bonchev–Trinajstić information content (AvgIpc) is 3.15. The quantitative estimate of drug-likeness (QED) is 0.628. The van der Waals surface area contributed by atoms with E-state index in [1.165, 1.54) is 15.9 Å². The van der Waals surface area contributed by atoms with Gasteiger partial charge in [-0.2, -0.15) is 10.5 Å². The number of nitrogens with two attached hydrogens (primary N) is 1. The Bertz CT molecular complexity index is 1540. The molecule has 4 rings (SSSR count). The molecule has 2 aromatic carbocycles. The average molecular weight is 469 g/mol. The summed E-state index contributed by atoms with van der Waals surface area (Å²) in [6.45, 7) is 0. The molecule has 34 heavy (non-hydrogen) atoms. The normalized spacial score (nSPS) is 15.5. The molecule has 2 N–H and O–H groups in total. The molecule has 170 valence electrons. The molecule has 8 heteroatoms. The number of aromatic nitrogens is 1. The Morgan fingerprint density at radius 2 is 1.44 bits per heavy atom. The van der Waals surface area contributed by atoms with Crippen LogP contribution in [0.15, 0.2) is 58.9 Å². The van der Waals surface area contributed by atoms with Crippen LogP contribution < -0.4 is 30.3 Å². The number of anilines is 2. The smallest absolute Gasteiger partial charge is 0.274 e. The van der Waals surface area contributed by atoms with Gasteiger partial charge in [0.15, 0.2) is 0 Å². The minimum Gasteiger partial charge on any atom is -0.384 e. The highest BCUT2D eigenvalue weighted by Crippen LogP contribution is 2.36. The third-order valence-electron chi connectivity index (χ3n) is 5.84. The van der Waals surface area contributed by atoms with Crippen LogP contribution in [0.1, 0.15) is 17.0 Å². The van der Waals surface area contributed by atoms with Crippen molar-refractivity contribution in [2.75, 3.05) is 38.0 Å². The van der Waals surface area contributed by atoms with Crippen molar-refractivity contribution in [1.82, 2.24) is 4.57 Å². The first kappa shape index (κ1) is 22.9. The summed E-state index contributed by atoms with van der Waals surface area (Å²) in [4.78, 5) is 17.2. The maximum atomic E-state index is 13.3. The Kier molecular flexibility index (Phi) is 6.02. The van der Waals surface area contributed by atoms with Crippen molar-refractivity contribution >= 4 is 40.2 Å². The summed E-state index contributed by atoms with van der Waals surface area (Å²) in [6, 6.07) is 19.9. The lowest BCUT2D eigenvalue weighted by Gasteiger charge is -2.23. The second-order valence-electron chi connectivity index (χ2n) is 8.40. The van der Waals surface area contributed by atoms with E-state index in [0.29, 0.717) is 14.8 Å². The molecule has 0 amide bonds. The Morgan fingerprint density at radius 3 is 1.94 bits per heavy atom. The summed E-state index contributed by atoms with van der Waals surface area (Å²) < 4.78 is 2.21. The van der Waals surface area contributed by atoms with Gasteiger partial charge in [0.25, 0.3) is 5.56 Å². The molecule has 0 bridgehead atoms. The highest BCUT2D eigenvalue weighted by Gasteiger charge is 2.32. The van der Waals surface area contributed by atoms with Crippen LogP contribution in [0.2, 0.25) is 0 Å². The van der Waals surface area contributed by atoms with Gasteiger partial charge in [0, 0.05) is 39.6 Å². The molecule has 1 atom stereocenters. The van der Waals surface area contributed by atoms with Crippen molar-refractivity contribution in [3.63, 3.8) is 0 Å². The SMILES string of the molecule is CN(C)c1ccc(/C=c2/sc3n(c2=O)C(N)=C(C#N)[C@H](c2ccc(N(C)C)cc2)C=3C#N)cc1. The van der Waals surface area contributed by atoms with Gasteiger partial charge >= 0.3 is 0 Å².